The van der Waals surface area contributed by atoms with Crippen LogP contribution >= 0.6 is 0 Å². The molecule has 1 saturated carbocycles. The average molecular weight is 358 g/mol. The number of ether oxygens (including phenoxy) is 2. The van der Waals surface area contributed by atoms with E-state index in [9.17, 15) is 4.79 Å². The fourth-order valence-electron chi connectivity index (χ4n) is 3.23. The highest BCUT2D eigenvalue weighted by molar-refractivity contribution is 5.90. The highest BCUT2D eigenvalue weighted by Crippen LogP contribution is 2.40. The third-order valence-electron chi connectivity index (χ3n) is 4.80. The molecular formula is C18H22N4O4. The van der Waals surface area contributed by atoms with Gasteiger partial charge in [-0.05, 0) is 25.7 Å². The Bertz CT molecular complexity index is 780. The SMILES string of the molecule is COc1cc(NC(=O)N2CCCC2c2nc(C3CC3)no2)cc(OC)c1. The van der Waals surface area contributed by atoms with Crippen LogP contribution < -0.4 is 14.8 Å². The van der Waals surface area contributed by atoms with E-state index < -0.39 is 0 Å². The molecule has 2 heterocycles. The minimum absolute atomic E-state index is 0.178. The molecule has 0 bridgehead atoms. The number of hydrogen-bond donors (Lipinski definition) is 1. The largest absolute Gasteiger partial charge is 0.497 e. The molecule has 1 aromatic heterocycles. The molecule has 2 aromatic rings. The van der Waals surface area contributed by atoms with Crippen LogP contribution in [0, 0.1) is 0 Å². The Kier molecular flexibility index (Phi) is 4.40. The zero-order chi connectivity index (χ0) is 18.1. The van der Waals surface area contributed by atoms with Gasteiger partial charge < -0.3 is 24.2 Å². The van der Waals surface area contributed by atoms with Gasteiger partial charge in [0.05, 0.1) is 14.2 Å². The Balaban J connectivity index is 1.49. The van der Waals surface area contributed by atoms with Crippen LogP contribution in [0.5, 0.6) is 11.5 Å². The van der Waals surface area contributed by atoms with E-state index in [1.165, 1.54) is 0 Å². The van der Waals surface area contributed by atoms with Crippen LogP contribution in [0.15, 0.2) is 22.7 Å². The molecule has 1 atom stereocenters. The summed E-state index contributed by atoms with van der Waals surface area (Å²) in [5.74, 6) is 2.96. The molecule has 8 heteroatoms. The van der Waals surface area contributed by atoms with Gasteiger partial charge in [0.15, 0.2) is 5.82 Å². The molecule has 0 spiro atoms. The number of amides is 2. The maximum absolute atomic E-state index is 12.8. The molecule has 1 N–H and O–H groups in total. The smallest absolute Gasteiger partial charge is 0.322 e. The fraction of sp³-hybridized carbons (Fsp3) is 0.500. The third-order valence-corrected chi connectivity index (χ3v) is 4.80. The Hall–Kier alpha value is -2.77. The first kappa shape index (κ1) is 16.7. The van der Waals surface area contributed by atoms with E-state index in [4.69, 9.17) is 14.0 Å². The van der Waals surface area contributed by atoms with E-state index >= 15 is 0 Å². The van der Waals surface area contributed by atoms with E-state index in [1.807, 2.05) is 0 Å². The highest BCUT2D eigenvalue weighted by atomic mass is 16.5. The van der Waals surface area contributed by atoms with Crippen LogP contribution in [0.4, 0.5) is 10.5 Å². The molecule has 2 amide bonds. The summed E-state index contributed by atoms with van der Waals surface area (Å²) in [5.41, 5.74) is 0.612. The van der Waals surface area contributed by atoms with Crippen LogP contribution in [-0.2, 0) is 0 Å². The lowest BCUT2D eigenvalue weighted by Gasteiger charge is -2.22. The molecule has 8 nitrogen and oxygen atoms in total. The summed E-state index contributed by atoms with van der Waals surface area (Å²) < 4.78 is 15.9. The van der Waals surface area contributed by atoms with Gasteiger partial charge in [-0.3, -0.25) is 0 Å². The van der Waals surface area contributed by atoms with Gasteiger partial charge in [0.2, 0.25) is 5.89 Å². The van der Waals surface area contributed by atoms with Crippen molar-refractivity contribution in [3.05, 3.63) is 29.9 Å². The number of rotatable bonds is 5. The van der Waals surface area contributed by atoms with Gasteiger partial charge in [-0.25, -0.2) is 4.79 Å². The van der Waals surface area contributed by atoms with Crippen molar-refractivity contribution in [3.63, 3.8) is 0 Å². The summed E-state index contributed by atoms with van der Waals surface area (Å²) in [4.78, 5) is 19.0. The topological polar surface area (TPSA) is 89.7 Å². The lowest BCUT2D eigenvalue weighted by molar-refractivity contribution is 0.193. The van der Waals surface area contributed by atoms with Crippen LogP contribution in [0.2, 0.25) is 0 Å². The predicted octanol–water partition coefficient (Wildman–Crippen LogP) is 3.33. The molecule has 1 unspecified atom stereocenters. The van der Waals surface area contributed by atoms with Gasteiger partial charge in [0, 0.05) is 36.3 Å². The Morgan fingerprint density at radius 3 is 2.58 bits per heavy atom. The quantitative estimate of drug-likeness (QED) is 0.882. The average Bonchev–Trinajstić information content (AvgIpc) is 3.19. The maximum Gasteiger partial charge on any atom is 0.322 e. The van der Waals surface area contributed by atoms with E-state index in [0.717, 1.165) is 31.5 Å². The molecule has 1 saturated heterocycles. The number of hydrogen-bond acceptors (Lipinski definition) is 6. The monoisotopic (exact) mass is 358 g/mol. The second-order valence-electron chi connectivity index (χ2n) is 6.65. The molecule has 2 fully saturated rings. The van der Waals surface area contributed by atoms with E-state index in [0.29, 0.717) is 35.5 Å². The number of benzene rings is 1. The van der Waals surface area contributed by atoms with Gasteiger partial charge in [-0.2, -0.15) is 4.98 Å². The molecule has 1 aliphatic carbocycles. The van der Waals surface area contributed by atoms with Gasteiger partial charge in [0.25, 0.3) is 0 Å². The second kappa shape index (κ2) is 6.86. The summed E-state index contributed by atoms with van der Waals surface area (Å²) in [6.45, 7) is 0.652. The van der Waals surface area contributed by atoms with Crippen molar-refractivity contribution < 1.29 is 18.8 Å². The van der Waals surface area contributed by atoms with Crippen molar-refractivity contribution >= 4 is 11.7 Å². The lowest BCUT2D eigenvalue weighted by atomic mass is 10.2. The summed E-state index contributed by atoms with van der Waals surface area (Å²) in [6, 6.07) is 4.88. The zero-order valence-electron chi connectivity index (χ0n) is 14.9. The van der Waals surface area contributed by atoms with Crippen molar-refractivity contribution in [2.24, 2.45) is 0 Å². The Morgan fingerprint density at radius 2 is 1.92 bits per heavy atom. The minimum Gasteiger partial charge on any atom is -0.497 e. The number of urea groups is 1. The van der Waals surface area contributed by atoms with Crippen molar-refractivity contribution in [1.29, 1.82) is 0 Å². The summed E-state index contributed by atoms with van der Waals surface area (Å²) >= 11 is 0. The summed E-state index contributed by atoms with van der Waals surface area (Å²) in [7, 11) is 3.15. The number of carbonyl (C=O) groups is 1. The number of anilines is 1. The molecule has 1 aliphatic heterocycles. The first-order chi connectivity index (χ1) is 12.7. The first-order valence-electron chi connectivity index (χ1n) is 8.82. The van der Waals surface area contributed by atoms with Gasteiger partial charge in [-0.15, -0.1) is 0 Å². The molecule has 2 aliphatic rings. The van der Waals surface area contributed by atoms with Crippen molar-refractivity contribution in [2.75, 3.05) is 26.1 Å². The number of nitrogens with one attached hydrogen (secondary N) is 1. The van der Waals surface area contributed by atoms with Crippen molar-refractivity contribution in [1.82, 2.24) is 15.0 Å². The lowest BCUT2D eigenvalue weighted by Crippen LogP contribution is -2.34. The molecular weight excluding hydrogens is 336 g/mol. The van der Waals surface area contributed by atoms with Gasteiger partial charge in [0.1, 0.15) is 17.5 Å². The highest BCUT2D eigenvalue weighted by Gasteiger charge is 2.36. The normalized spacial score (nSPS) is 19.5. The Labute approximate surface area is 151 Å². The molecule has 26 heavy (non-hydrogen) atoms. The standard InChI is InChI=1S/C18H22N4O4/c1-24-13-8-12(9-14(10-13)25-2)19-18(23)22-7-3-4-15(22)17-20-16(21-26-17)11-5-6-11/h8-11,15H,3-7H2,1-2H3,(H,19,23). The molecule has 138 valence electrons. The maximum atomic E-state index is 12.8. The minimum atomic E-state index is -0.200. The third kappa shape index (κ3) is 3.31. The van der Waals surface area contributed by atoms with Gasteiger partial charge in [-0.1, -0.05) is 5.16 Å². The number of methoxy groups -OCH3 is 2. The van der Waals surface area contributed by atoms with Gasteiger partial charge >= 0.3 is 6.03 Å². The van der Waals surface area contributed by atoms with Crippen LogP contribution in [-0.4, -0.2) is 41.8 Å². The number of carbonyl (C=O) groups excluding carboxylic acids is 1. The second-order valence-corrected chi connectivity index (χ2v) is 6.65. The van der Waals surface area contributed by atoms with Crippen molar-refractivity contribution in [3.8, 4) is 11.5 Å². The summed E-state index contributed by atoms with van der Waals surface area (Å²) in [6.07, 6.45) is 3.96. The number of aromatic nitrogens is 2. The van der Waals surface area contributed by atoms with Crippen LogP contribution in [0.1, 0.15) is 49.4 Å². The number of nitrogens with zero attached hydrogens (tertiary/aromatic N) is 3. The molecule has 4 rings (SSSR count). The number of likely N-dealkylation sites (tertiary alicyclic amines) is 1. The zero-order valence-corrected chi connectivity index (χ0v) is 14.9. The molecule has 0 radical (unpaired) electrons. The van der Waals surface area contributed by atoms with Crippen LogP contribution in [0.3, 0.4) is 0 Å². The van der Waals surface area contributed by atoms with E-state index in [-0.39, 0.29) is 12.1 Å². The van der Waals surface area contributed by atoms with E-state index in [2.05, 4.69) is 15.5 Å². The van der Waals surface area contributed by atoms with Crippen molar-refractivity contribution in [2.45, 2.75) is 37.6 Å². The predicted molar refractivity (Wildman–Crippen MR) is 93.5 cm³/mol. The first-order valence-corrected chi connectivity index (χ1v) is 8.82. The molecule has 1 aromatic carbocycles. The fourth-order valence-corrected chi connectivity index (χ4v) is 3.23. The Morgan fingerprint density at radius 1 is 1.19 bits per heavy atom. The van der Waals surface area contributed by atoms with E-state index in [1.54, 1.807) is 37.3 Å². The van der Waals surface area contributed by atoms with Crippen LogP contribution in [0.25, 0.3) is 0 Å². The summed E-state index contributed by atoms with van der Waals surface area (Å²) in [5, 5.41) is 6.98.